The minimum absolute atomic E-state index is 0.0580. The van der Waals surface area contributed by atoms with Crippen LogP contribution >= 0.6 is 0 Å². The first-order valence-electron chi connectivity index (χ1n) is 9.56. The molecule has 6 nitrogen and oxygen atoms in total. The van der Waals surface area contributed by atoms with Crippen LogP contribution < -0.4 is 5.32 Å². The average molecular weight is 359 g/mol. The summed E-state index contributed by atoms with van der Waals surface area (Å²) in [5, 5.41) is 2.95. The average Bonchev–Trinajstić information content (AvgIpc) is 2.65. The molecule has 26 heavy (non-hydrogen) atoms. The number of benzene rings is 1. The number of amides is 2. The Bertz CT molecular complexity index is 628. The fourth-order valence-electron chi connectivity index (χ4n) is 3.61. The number of likely N-dealkylation sites (tertiary alicyclic amines) is 1. The Morgan fingerprint density at radius 2 is 1.96 bits per heavy atom. The summed E-state index contributed by atoms with van der Waals surface area (Å²) in [7, 11) is 0. The van der Waals surface area contributed by atoms with E-state index in [1.54, 1.807) is 0 Å². The molecule has 0 spiro atoms. The van der Waals surface area contributed by atoms with E-state index in [4.69, 9.17) is 4.74 Å². The molecule has 0 radical (unpaired) electrons. The summed E-state index contributed by atoms with van der Waals surface area (Å²) < 4.78 is 5.36. The number of piperidine rings is 1. The molecule has 1 unspecified atom stereocenters. The van der Waals surface area contributed by atoms with Gasteiger partial charge in [0, 0.05) is 32.7 Å². The van der Waals surface area contributed by atoms with Crippen molar-refractivity contribution >= 4 is 11.8 Å². The van der Waals surface area contributed by atoms with E-state index in [2.05, 4.69) is 10.2 Å². The molecule has 1 aromatic rings. The van der Waals surface area contributed by atoms with Crippen molar-refractivity contribution in [3.8, 4) is 0 Å². The fourth-order valence-corrected chi connectivity index (χ4v) is 3.61. The molecule has 2 amide bonds. The third-order valence-electron chi connectivity index (χ3n) is 5.27. The van der Waals surface area contributed by atoms with Gasteiger partial charge in [0.25, 0.3) is 0 Å². The molecule has 0 saturated carbocycles. The van der Waals surface area contributed by atoms with Crippen LogP contribution in [0.25, 0.3) is 0 Å². The van der Waals surface area contributed by atoms with E-state index in [9.17, 15) is 9.59 Å². The molecule has 1 N–H and O–H groups in total. The number of aryl methyl sites for hydroxylation is 1. The summed E-state index contributed by atoms with van der Waals surface area (Å²) in [5.41, 5.74) is 2.11. The molecule has 0 bridgehead atoms. The van der Waals surface area contributed by atoms with E-state index in [0.717, 1.165) is 69.9 Å². The molecule has 2 aliphatic rings. The first-order chi connectivity index (χ1) is 12.6. The van der Waals surface area contributed by atoms with E-state index in [-0.39, 0.29) is 17.9 Å². The zero-order valence-electron chi connectivity index (χ0n) is 15.6. The molecule has 2 heterocycles. The van der Waals surface area contributed by atoms with Crippen LogP contribution in [0, 0.1) is 6.92 Å². The lowest BCUT2D eigenvalue weighted by molar-refractivity contribution is -0.139. The SMILES string of the molecule is Cc1ccccc1CC(=O)NC1CCCN(CCN2CCOCC2)C1=O. The molecule has 3 rings (SSSR count). The summed E-state index contributed by atoms with van der Waals surface area (Å²) in [6.07, 6.45) is 1.99. The van der Waals surface area contributed by atoms with Crippen LogP contribution in [-0.2, 0) is 20.7 Å². The Balaban J connectivity index is 1.49. The van der Waals surface area contributed by atoms with Crippen LogP contribution in [0.4, 0.5) is 0 Å². The maximum atomic E-state index is 12.7. The highest BCUT2D eigenvalue weighted by molar-refractivity contribution is 5.89. The molecule has 1 atom stereocenters. The predicted octanol–water partition coefficient (Wildman–Crippen LogP) is 0.977. The van der Waals surface area contributed by atoms with Gasteiger partial charge in [-0.05, 0) is 30.9 Å². The molecular formula is C20H29N3O3. The lowest BCUT2D eigenvalue weighted by atomic mass is 10.0. The smallest absolute Gasteiger partial charge is 0.245 e. The van der Waals surface area contributed by atoms with Crippen LogP contribution in [0.15, 0.2) is 24.3 Å². The van der Waals surface area contributed by atoms with Crippen molar-refractivity contribution < 1.29 is 14.3 Å². The minimum Gasteiger partial charge on any atom is -0.379 e. The molecule has 2 saturated heterocycles. The van der Waals surface area contributed by atoms with Gasteiger partial charge in [0.1, 0.15) is 6.04 Å². The third-order valence-corrected chi connectivity index (χ3v) is 5.27. The van der Waals surface area contributed by atoms with Crippen molar-refractivity contribution in [2.45, 2.75) is 32.2 Å². The van der Waals surface area contributed by atoms with Gasteiger partial charge in [0.2, 0.25) is 11.8 Å². The highest BCUT2D eigenvalue weighted by Crippen LogP contribution is 2.13. The van der Waals surface area contributed by atoms with Crippen molar-refractivity contribution in [2.24, 2.45) is 0 Å². The normalized spacial score (nSPS) is 21.7. The summed E-state index contributed by atoms with van der Waals surface area (Å²) in [5.74, 6) is -0.0182. The van der Waals surface area contributed by atoms with Gasteiger partial charge < -0.3 is 15.0 Å². The molecule has 1 aromatic carbocycles. The number of nitrogens with zero attached hydrogens (tertiary/aromatic N) is 2. The van der Waals surface area contributed by atoms with E-state index in [0.29, 0.717) is 6.42 Å². The molecule has 6 heteroatoms. The van der Waals surface area contributed by atoms with Gasteiger partial charge in [-0.3, -0.25) is 14.5 Å². The van der Waals surface area contributed by atoms with Gasteiger partial charge in [-0.25, -0.2) is 0 Å². The van der Waals surface area contributed by atoms with E-state index in [1.807, 2.05) is 36.1 Å². The van der Waals surface area contributed by atoms with Gasteiger partial charge >= 0.3 is 0 Å². The maximum Gasteiger partial charge on any atom is 0.245 e. The Labute approximate surface area is 155 Å². The fraction of sp³-hybridized carbons (Fsp3) is 0.600. The van der Waals surface area contributed by atoms with Gasteiger partial charge in [0.15, 0.2) is 0 Å². The van der Waals surface area contributed by atoms with Crippen LogP contribution in [-0.4, -0.2) is 73.6 Å². The van der Waals surface area contributed by atoms with Crippen molar-refractivity contribution in [1.82, 2.24) is 15.1 Å². The van der Waals surface area contributed by atoms with Crippen LogP contribution in [0.5, 0.6) is 0 Å². The molecular weight excluding hydrogens is 330 g/mol. The van der Waals surface area contributed by atoms with E-state index in [1.165, 1.54) is 0 Å². The minimum atomic E-state index is -0.384. The molecule has 2 fully saturated rings. The van der Waals surface area contributed by atoms with Gasteiger partial charge in [-0.2, -0.15) is 0 Å². The summed E-state index contributed by atoms with van der Waals surface area (Å²) >= 11 is 0. The summed E-state index contributed by atoms with van der Waals surface area (Å²) in [6, 6.07) is 7.49. The zero-order chi connectivity index (χ0) is 18.4. The molecule has 0 aliphatic carbocycles. The predicted molar refractivity (Wildman–Crippen MR) is 99.9 cm³/mol. The van der Waals surface area contributed by atoms with Gasteiger partial charge in [-0.15, -0.1) is 0 Å². The third kappa shape index (κ3) is 5.05. The van der Waals surface area contributed by atoms with Gasteiger partial charge in [0.05, 0.1) is 19.6 Å². The lowest BCUT2D eigenvalue weighted by Gasteiger charge is -2.35. The van der Waals surface area contributed by atoms with Crippen molar-refractivity contribution in [3.05, 3.63) is 35.4 Å². The quantitative estimate of drug-likeness (QED) is 0.822. The zero-order valence-corrected chi connectivity index (χ0v) is 15.6. The molecule has 142 valence electrons. The number of hydrogen-bond donors (Lipinski definition) is 1. The number of nitrogens with one attached hydrogen (secondary N) is 1. The monoisotopic (exact) mass is 359 g/mol. The maximum absolute atomic E-state index is 12.7. The number of morpholine rings is 1. The van der Waals surface area contributed by atoms with Crippen LogP contribution in [0.2, 0.25) is 0 Å². The first kappa shape index (κ1) is 18.9. The summed E-state index contributed by atoms with van der Waals surface area (Å²) in [6.45, 7) is 7.78. The van der Waals surface area contributed by atoms with E-state index >= 15 is 0 Å². The number of carbonyl (C=O) groups is 2. The van der Waals surface area contributed by atoms with Crippen molar-refractivity contribution in [2.75, 3.05) is 45.9 Å². The second kappa shape index (κ2) is 9.14. The van der Waals surface area contributed by atoms with E-state index < -0.39 is 0 Å². The lowest BCUT2D eigenvalue weighted by Crippen LogP contribution is -2.54. The first-order valence-corrected chi connectivity index (χ1v) is 9.56. The highest BCUT2D eigenvalue weighted by Gasteiger charge is 2.30. The van der Waals surface area contributed by atoms with Crippen LogP contribution in [0.1, 0.15) is 24.0 Å². The Hall–Kier alpha value is -1.92. The Kier molecular flexibility index (Phi) is 6.63. The topological polar surface area (TPSA) is 61.9 Å². The Morgan fingerprint density at radius 3 is 2.73 bits per heavy atom. The van der Waals surface area contributed by atoms with Crippen molar-refractivity contribution in [3.63, 3.8) is 0 Å². The van der Waals surface area contributed by atoms with Crippen molar-refractivity contribution in [1.29, 1.82) is 0 Å². The second-order valence-electron chi connectivity index (χ2n) is 7.14. The highest BCUT2D eigenvalue weighted by atomic mass is 16.5. The number of hydrogen-bond acceptors (Lipinski definition) is 4. The van der Waals surface area contributed by atoms with Gasteiger partial charge in [-0.1, -0.05) is 24.3 Å². The van der Waals surface area contributed by atoms with Crippen LogP contribution in [0.3, 0.4) is 0 Å². The summed E-state index contributed by atoms with van der Waals surface area (Å²) in [4.78, 5) is 29.3. The largest absolute Gasteiger partial charge is 0.379 e. The molecule has 2 aliphatic heterocycles. The Morgan fingerprint density at radius 1 is 1.19 bits per heavy atom. The number of ether oxygens (including phenoxy) is 1. The standard InChI is InChI=1S/C20H29N3O3/c1-16-5-2-3-6-17(16)15-19(24)21-18-7-4-8-23(20(18)25)10-9-22-11-13-26-14-12-22/h2-3,5-6,18H,4,7-15H2,1H3,(H,21,24). The second-order valence-corrected chi connectivity index (χ2v) is 7.14. The number of carbonyl (C=O) groups excluding carboxylic acids is 2. The molecule has 0 aromatic heterocycles. The number of rotatable bonds is 6.